The van der Waals surface area contributed by atoms with E-state index in [9.17, 15) is 4.79 Å². The summed E-state index contributed by atoms with van der Waals surface area (Å²) in [5, 5.41) is 0.746. The average Bonchev–Trinajstić information content (AvgIpc) is 2.52. The van der Waals surface area contributed by atoms with Gasteiger partial charge in [0, 0.05) is 17.6 Å². The van der Waals surface area contributed by atoms with E-state index in [-0.39, 0.29) is 5.43 Å². The number of nitrogens with zero attached hydrogens (tertiary/aromatic N) is 1. The first-order valence-corrected chi connectivity index (χ1v) is 7.02. The van der Waals surface area contributed by atoms with Crippen LogP contribution in [0.15, 0.2) is 65.6 Å². The Morgan fingerprint density at radius 1 is 1.00 bits per heavy atom. The van der Waals surface area contributed by atoms with E-state index in [1.165, 1.54) is 0 Å². The first kappa shape index (κ1) is 13.4. The normalized spacial score (nSPS) is 10.7. The molecular weight excluding hydrogens is 262 g/mol. The summed E-state index contributed by atoms with van der Waals surface area (Å²) in [6, 6.07) is 17.2. The Kier molecular flexibility index (Phi) is 3.73. The van der Waals surface area contributed by atoms with Gasteiger partial charge in [-0.1, -0.05) is 30.3 Å². The Hall–Kier alpha value is -2.55. The van der Waals surface area contributed by atoms with Crippen molar-refractivity contribution < 1.29 is 4.74 Å². The molecule has 0 bridgehead atoms. The predicted octanol–water partition coefficient (Wildman–Crippen LogP) is 3.39. The number of ether oxygens (including phenoxy) is 1. The van der Waals surface area contributed by atoms with Crippen molar-refractivity contribution in [3.05, 3.63) is 76.6 Å². The Balaban J connectivity index is 1.79. The summed E-state index contributed by atoms with van der Waals surface area (Å²) in [6.07, 6.45) is 1.83. The van der Waals surface area contributed by atoms with Crippen LogP contribution in [0.25, 0.3) is 10.9 Å². The van der Waals surface area contributed by atoms with E-state index >= 15 is 0 Å². The van der Waals surface area contributed by atoms with Crippen LogP contribution >= 0.6 is 0 Å². The maximum Gasteiger partial charge on any atom is 0.189 e. The molecule has 1 heterocycles. The molecule has 3 rings (SSSR count). The van der Waals surface area contributed by atoms with E-state index in [4.69, 9.17) is 4.74 Å². The Bertz CT molecular complexity index is 821. The highest BCUT2D eigenvalue weighted by Gasteiger charge is 2.02. The van der Waals surface area contributed by atoms with Crippen LogP contribution in [-0.4, -0.2) is 11.2 Å². The fourth-order valence-electron chi connectivity index (χ4n) is 2.43. The van der Waals surface area contributed by atoms with Crippen molar-refractivity contribution in [2.75, 3.05) is 6.61 Å². The molecule has 0 aliphatic rings. The number of rotatable bonds is 4. The molecule has 3 aromatic rings. The van der Waals surface area contributed by atoms with Gasteiger partial charge in [0.05, 0.1) is 12.1 Å². The highest BCUT2D eigenvalue weighted by atomic mass is 16.5. The SMILES string of the molecule is Cc1ccccc1OCCn1ccc(=O)c2ccccc21. The van der Waals surface area contributed by atoms with Gasteiger partial charge in [0.15, 0.2) is 5.43 Å². The van der Waals surface area contributed by atoms with Crippen molar-refractivity contribution >= 4 is 10.9 Å². The third-order valence-corrected chi connectivity index (χ3v) is 3.57. The molecule has 0 unspecified atom stereocenters. The molecule has 3 heteroatoms. The summed E-state index contributed by atoms with van der Waals surface area (Å²) in [7, 11) is 0. The molecule has 1 aromatic heterocycles. The van der Waals surface area contributed by atoms with Crippen molar-refractivity contribution in [1.29, 1.82) is 0 Å². The van der Waals surface area contributed by atoms with Crippen LogP contribution in [0.4, 0.5) is 0 Å². The van der Waals surface area contributed by atoms with Gasteiger partial charge in [0.1, 0.15) is 12.4 Å². The van der Waals surface area contributed by atoms with Gasteiger partial charge in [-0.15, -0.1) is 0 Å². The molecule has 3 nitrogen and oxygen atoms in total. The zero-order chi connectivity index (χ0) is 14.7. The summed E-state index contributed by atoms with van der Waals surface area (Å²) < 4.78 is 7.87. The van der Waals surface area contributed by atoms with Gasteiger partial charge >= 0.3 is 0 Å². The summed E-state index contributed by atoms with van der Waals surface area (Å²) in [5.74, 6) is 0.905. The molecule has 0 aliphatic carbocycles. The van der Waals surface area contributed by atoms with Crippen LogP contribution in [0.1, 0.15) is 5.56 Å². The number of hydrogen-bond donors (Lipinski definition) is 0. The van der Waals surface area contributed by atoms with E-state index in [1.54, 1.807) is 6.07 Å². The van der Waals surface area contributed by atoms with Gasteiger partial charge in [-0.2, -0.15) is 0 Å². The van der Waals surface area contributed by atoms with Crippen LogP contribution in [0.3, 0.4) is 0 Å². The van der Waals surface area contributed by atoms with E-state index < -0.39 is 0 Å². The summed E-state index contributed by atoms with van der Waals surface area (Å²) in [6.45, 7) is 3.30. The second kappa shape index (κ2) is 5.83. The molecular formula is C18H17NO2. The zero-order valence-electron chi connectivity index (χ0n) is 12.0. The minimum absolute atomic E-state index is 0.0571. The van der Waals surface area contributed by atoms with Crippen molar-refractivity contribution in [3.63, 3.8) is 0 Å². The van der Waals surface area contributed by atoms with E-state index in [2.05, 4.69) is 4.57 Å². The number of hydrogen-bond acceptors (Lipinski definition) is 2. The lowest BCUT2D eigenvalue weighted by Crippen LogP contribution is -2.12. The molecule has 106 valence electrons. The summed E-state index contributed by atoms with van der Waals surface area (Å²) >= 11 is 0. The zero-order valence-corrected chi connectivity index (χ0v) is 12.0. The van der Waals surface area contributed by atoms with Crippen molar-refractivity contribution in [2.24, 2.45) is 0 Å². The highest BCUT2D eigenvalue weighted by Crippen LogP contribution is 2.16. The van der Waals surface area contributed by atoms with Gasteiger partial charge in [-0.25, -0.2) is 0 Å². The third-order valence-electron chi connectivity index (χ3n) is 3.57. The van der Waals surface area contributed by atoms with Gasteiger partial charge in [-0.05, 0) is 30.7 Å². The topological polar surface area (TPSA) is 31.2 Å². The van der Waals surface area contributed by atoms with E-state index in [1.807, 2.05) is 61.7 Å². The van der Waals surface area contributed by atoms with Crippen molar-refractivity contribution in [1.82, 2.24) is 4.57 Å². The Morgan fingerprint density at radius 2 is 1.76 bits per heavy atom. The Labute approximate surface area is 123 Å². The maximum absolute atomic E-state index is 11.8. The number of pyridine rings is 1. The number of aromatic nitrogens is 1. The molecule has 0 saturated carbocycles. The van der Waals surface area contributed by atoms with Crippen LogP contribution in [0, 0.1) is 6.92 Å². The number of aryl methyl sites for hydroxylation is 1. The standard InChI is InChI=1S/C18H17NO2/c1-14-6-2-5-9-18(14)21-13-12-19-11-10-17(20)15-7-3-4-8-16(15)19/h2-11H,12-13H2,1H3. The highest BCUT2D eigenvalue weighted by molar-refractivity contribution is 5.78. The largest absolute Gasteiger partial charge is 0.491 e. The quantitative estimate of drug-likeness (QED) is 0.733. The molecule has 0 N–H and O–H groups in total. The summed E-state index contributed by atoms with van der Waals surface area (Å²) in [5.41, 5.74) is 2.13. The second-order valence-corrected chi connectivity index (χ2v) is 5.00. The van der Waals surface area contributed by atoms with Crippen LogP contribution in [0.2, 0.25) is 0 Å². The lowest BCUT2D eigenvalue weighted by atomic mass is 10.2. The van der Waals surface area contributed by atoms with Crippen molar-refractivity contribution in [3.8, 4) is 5.75 Å². The lowest BCUT2D eigenvalue weighted by molar-refractivity contribution is 0.298. The van der Waals surface area contributed by atoms with E-state index in [0.717, 1.165) is 22.2 Å². The number of fused-ring (bicyclic) bond motifs is 1. The van der Waals surface area contributed by atoms with Gasteiger partial charge < -0.3 is 9.30 Å². The molecule has 21 heavy (non-hydrogen) atoms. The summed E-state index contributed by atoms with van der Waals surface area (Å²) in [4.78, 5) is 11.8. The maximum atomic E-state index is 11.8. The smallest absolute Gasteiger partial charge is 0.189 e. The molecule has 0 saturated heterocycles. The lowest BCUT2D eigenvalue weighted by Gasteiger charge is -2.12. The van der Waals surface area contributed by atoms with Gasteiger partial charge in [0.25, 0.3) is 0 Å². The number of benzene rings is 2. The minimum atomic E-state index is 0.0571. The average molecular weight is 279 g/mol. The van der Waals surface area contributed by atoms with Gasteiger partial charge in [-0.3, -0.25) is 4.79 Å². The molecule has 0 radical (unpaired) electrons. The van der Waals surface area contributed by atoms with Gasteiger partial charge in [0.2, 0.25) is 0 Å². The molecule has 0 atom stereocenters. The molecule has 0 amide bonds. The van der Waals surface area contributed by atoms with Crippen LogP contribution < -0.4 is 10.2 Å². The van der Waals surface area contributed by atoms with Crippen molar-refractivity contribution in [2.45, 2.75) is 13.5 Å². The van der Waals surface area contributed by atoms with Crippen LogP contribution in [-0.2, 0) is 6.54 Å². The minimum Gasteiger partial charge on any atom is -0.491 e. The number of para-hydroxylation sites is 2. The fraction of sp³-hybridized carbons (Fsp3) is 0.167. The first-order chi connectivity index (χ1) is 10.3. The first-order valence-electron chi connectivity index (χ1n) is 7.02. The molecule has 2 aromatic carbocycles. The monoisotopic (exact) mass is 279 g/mol. The third kappa shape index (κ3) is 2.82. The second-order valence-electron chi connectivity index (χ2n) is 5.00. The molecule has 0 aliphatic heterocycles. The predicted molar refractivity (Wildman–Crippen MR) is 84.9 cm³/mol. The molecule has 0 spiro atoms. The van der Waals surface area contributed by atoms with E-state index in [0.29, 0.717) is 13.2 Å². The fourth-order valence-corrected chi connectivity index (χ4v) is 2.43. The molecule has 0 fully saturated rings. The Morgan fingerprint density at radius 3 is 2.62 bits per heavy atom. The van der Waals surface area contributed by atoms with Crippen LogP contribution in [0.5, 0.6) is 5.75 Å².